The van der Waals surface area contributed by atoms with E-state index in [9.17, 15) is 0 Å². The summed E-state index contributed by atoms with van der Waals surface area (Å²) in [7, 11) is 1.68. The van der Waals surface area contributed by atoms with Gasteiger partial charge in [0.1, 0.15) is 5.69 Å². The molecule has 0 aliphatic rings. The van der Waals surface area contributed by atoms with Gasteiger partial charge < -0.3 is 10.1 Å². The minimum absolute atomic E-state index is 0.0205. The van der Waals surface area contributed by atoms with Crippen molar-refractivity contribution in [2.24, 2.45) is 0 Å². The Morgan fingerprint density at radius 1 is 1.29 bits per heavy atom. The minimum Gasteiger partial charge on any atom is -0.493 e. The number of aromatic nitrogens is 2. The summed E-state index contributed by atoms with van der Waals surface area (Å²) in [6.07, 6.45) is 1.77. The molecule has 1 unspecified atom stereocenters. The average molecular weight is 308 g/mol. The van der Waals surface area contributed by atoms with Crippen LogP contribution in [0.2, 0.25) is 5.02 Å². The first-order valence-electron chi connectivity index (χ1n) is 7.18. The number of hydrogen-bond donors (Lipinski definition) is 1. The van der Waals surface area contributed by atoms with Gasteiger partial charge in [0.15, 0.2) is 5.75 Å². The van der Waals surface area contributed by atoms with Crippen LogP contribution in [0.25, 0.3) is 0 Å². The molecule has 1 aromatic heterocycles. The van der Waals surface area contributed by atoms with E-state index in [4.69, 9.17) is 16.3 Å². The summed E-state index contributed by atoms with van der Waals surface area (Å²) in [6.45, 7) is 7.16. The number of ether oxygens (including phenoxy) is 1. The van der Waals surface area contributed by atoms with Crippen LogP contribution in [-0.2, 0) is 0 Å². The summed E-state index contributed by atoms with van der Waals surface area (Å²) < 4.78 is 7.50. The molecule has 21 heavy (non-hydrogen) atoms. The monoisotopic (exact) mass is 307 g/mol. The molecule has 0 fully saturated rings. The van der Waals surface area contributed by atoms with Crippen molar-refractivity contribution < 1.29 is 4.74 Å². The van der Waals surface area contributed by atoms with Gasteiger partial charge in [-0.15, -0.1) is 0 Å². The van der Waals surface area contributed by atoms with Gasteiger partial charge in [-0.1, -0.05) is 30.7 Å². The lowest BCUT2D eigenvalue weighted by atomic mass is 10.0. The Balaban J connectivity index is 2.51. The first-order valence-corrected chi connectivity index (χ1v) is 7.56. The number of halogens is 1. The fourth-order valence-electron chi connectivity index (χ4n) is 2.43. The largest absolute Gasteiger partial charge is 0.493 e. The van der Waals surface area contributed by atoms with Crippen molar-refractivity contribution in [3.63, 3.8) is 0 Å². The van der Waals surface area contributed by atoms with Crippen molar-refractivity contribution in [1.29, 1.82) is 0 Å². The summed E-state index contributed by atoms with van der Waals surface area (Å²) in [5, 5.41) is 8.70. The maximum absolute atomic E-state index is 6.00. The molecule has 1 heterocycles. The molecular weight excluding hydrogens is 286 g/mol. The highest BCUT2D eigenvalue weighted by Crippen LogP contribution is 2.32. The van der Waals surface area contributed by atoms with Crippen molar-refractivity contribution >= 4 is 11.6 Å². The fourth-order valence-corrected chi connectivity index (χ4v) is 2.56. The normalized spacial score (nSPS) is 12.7. The number of hydrogen-bond acceptors (Lipinski definition) is 3. The van der Waals surface area contributed by atoms with Crippen LogP contribution in [-0.4, -0.2) is 23.4 Å². The van der Waals surface area contributed by atoms with Crippen molar-refractivity contribution in [1.82, 2.24) is 15.1 Å². The van der Waals surface area contributed by atoms with Gasteiger partial charge in [0.2, 0.25) is 0 Å². The van der Waals surface area contributed by atoms with Crippen LogP contribution >= 0.6 is 11.6 Å². The molecule has 1 atom stereocenters. The van der Waals surface area contributed by atoms with Gasteiger partial charge >= 0.3 is 0 Å². The molecule has 2 aromatic rings. The van der Waals surface area contributed by atoms with Gasteiger partial charge in [-0.3, -0.25) is 4.68 Å². The summed E-state index contributed by atoms with van der Waals surface area (Å²) in [4.78, 5) is 0. The summed E-state index contributed by atoms with van der Waals surface area (Å²) >= 11 is 6.00. The van der Waals surface area contributed by atoms with E-state index >= 15 is 0 Å². The number of nitrogens with zero attached hydrogens (tertiary/aromatic N) is 2. The van der Waals surface area contributed by atoms with E-state index in [0.717, 1.165) is 28.6 Å². The number of rotatable bonds is 6. The van der Waals surface area contributed by atoms with Gasteiger partial charge in [0.25, 0.3) is 0 Å². The van der Waals surface area contributed by atoms with Crippen LogP contribution in [0.1, 0.15) is 44.1 Å². The van der Waals surface area contributed by atoms with E-state index in [1.165, 1.54) is 0 Å². The number of nitrogens with one attached hydrogen (secondary N) is 1. The first kappa shape index (κ1) is 15.9. The second kappa shape index (κ2) is 6.96. The molecule has 0 aliphatic carbocycles. The standard InChI is InChI=1S/C16H22ClN3O/c1-5-18-15(12-6-8-13(17)9-7-12)16-14(21-4)10-19-20(16)11(2)3/h6-11,15,18H,5H2,1-4H3. The maximum atomic E-state index is 6.00. The highest BCUT2D eigenvalue weighted by Gasteiger charge is 2.24. The Morgan fingerprint density at radius 2 is 1.95 bits per heavy atom. The second-order valence-corrected chi connectivity index (χ2v) is 5.62. The van der Waals surface area contributed by atoms with Crippen LogP contribution in [0.15, 0.2) is 30.5 Å². The predicted molar refractivity (Wildman–Crippen MR) is 86.1 cm³/mol. The van der Waals surface area contributed by atoms with Crippen LogP contribution in [0, 0.1) is 0 Å². The van der Waals surface area contributed by atoms with E-state index in [-0.39, 0.29) is 12.1 Å². The predicted octanol–water partition coefficient (Wildman–Crippen LogP) is 3.82. The zero-order valence-electron chi connectivity index (χ0n) is 12.9. The molecule has 2 rings (SSSR count). The highest BCUT2D eigenvalue weighted by molar-refractivity contribution is 6.30. The summed E-state index contributed by atoms with van der Waals surface area (Å²) in [5.41, 5.74) is 2.18. The zero-order chi connectivity index (χ0) is 15.4. The molecular formula is C16H22ClN3O. The average Bonchev–Trinajstić information content (AvgIpc) is 2.89. The quantitative estimate of drug-likeness (QED) is 0.881. The molecule has 0 bridgehead atoms. The van der Waals surface area contributed by atoms with Gasteiger partial charge in [0, 0.05) is 11.1 Å². The third-order valence-electron chi connectivity index (χ3n) is 3.39. The molecule has 0 amide bonds. The second-order valence-electron chi connectivity index (χ2n) is 5.18. The van der Waals surface area contributed by atoms with Gasteiger partial charge in [0.05, 0.1) is 19.3 Å². The van der Waals surface area contributed by atoms with Gasteiger partial charge in [-0.25, -0.2) is 0 Å². The minimum atomic E-state index is 0.0205. The number of methoxy groups -OCH3 is 1. The Kier molecular flexibility index (Phi) is 5.26. The van der Waals surface area contributed by atoms with E-state index < -0.39 is 0 Å². The van der Waals surface area contributed by atoms with Crippen molar-refractivity contribution in [3.05, 3.63) is 46.7 Å². The SMILES string of the molecule is CCNC(c1ccc(Cl)cc1)c1c(OC)cnn1C(C)C. The Morgan fingerprint density at radius 3 is 2.48 bits per heavy atom. The summed E-state index contributed by atoms with van der Waals surface area (Å²) in [5.74, 6) is 0.796. The van der Waals surface area contributed by atoms with Crippen molar-refractivity contribution in [3.8, 4) is 5.75 Å². The lowest BCUT2D eigenvalue weighted by Gasteiger charge is -2.22. The van der Waals surface area contributed by atoms with Gasteiger partial charge in [-0.2, -0.15) is 5.10 Å². The molecule has 0 spiro atoms. The van der Waals surface area contributed by atoms with E-state index in [2.05, 4.69) is 31.2 Å². The molecule has 1 N–H and O–H groups in total. The van der Waals surface area contributed by atoms with Gasteiger partial charge in [-0.05, 0) is 38.1 Å². The molecule has 5 heteroatoms. The topological polar surface area (TPSA) is 39.1 Å². The molecule has 4 nitrogen and oxygen atoms in total. The molecule has 114 valence electrons. The first-order chi connectivity index (χ1) is 10.1. The lowest BCUT2D eigenvalue weighted by Crippen LogP contribution is -2.26. The summed E-state index contributed by atoms with van der Waals surface area (Å²) in [6, 6.07) is 8.16. The van der Waals surface area contributed by atoms with Crippen LogP contribution < -0.4 is 10.1 Å². The van der Waals surface area contributed by atoms with E-state index in [1.54, 1.807) is 13.3 Å². The van der Waals surface area contributed by atoms with Crippen molar-refractivity contribution in [2.75, 3.05) is 13.7 Å². The van der Waals surface area contributed by atoms with Crippen molar-refractivity contribution in [2.45, 2.75) is 32.9 Å². The highest BCUT2D eigenvalue weighted by atomic mass is 35.5. The molecule has 0 radical (unpaired) electrons. The molecule has 0 saturated carbocycles. The Bertz CT molecular complexity index is 578. The smallest absolute Gasteiger partial charge is 0.161 e. The Hall–Kier alpha value is -1.52. The maximum Gasteiger partial charge on any atom is 0.161 e. The third kappa shape index (κ3) is 3.39. The molecule has 1 aromatic carbocycles. The lowest BCUT2D eigenvalue weighted by molar-refractivity contribution is 0.394. The molecule has 0 saturated heterocycles. The number of benzene rings is 1. The van der Waals surface area contributed by atoms with Crippen LogP contribution in [0.5, 0.6) is 5.75 Å². The molecule has 0 aliphatic heterocycles. The van der Waals surface area contributed by atoms with E-state index in [1.807, 2.05) is 28.9 Å². The fraction of sp³-hybridized carbons (Fsp3) is 0.438. The zero-order valence-corrected chi connectivity index (χ0v) is 13.7. The van der Waals surface area contributed by atoms with Crippen LogP contribution in [0.3, 0.4) is 0 Å². The van der Waals surface area contributed by atoms with E-state index in [0.29, 0.717) is 0 Å². The van der Waals surface area contributed by atoms with Crippen LogP contribution in [0.4, 0.5) is 0 Å². The Labute approximate surface area is 131 Å². The third-order valence-corrected chi connectivity index (χ3v) is 3.64.